The summed E-state index contributed by atoms with van der Waals surface area (Å²) in [4.78, 5) is 4.19. The Morgan fingerprint density at radius 1 is 1.25 bits per heavy atom. The van der Waals surface area contributed by atoms with Gasteiger partial charge in [-0.2, -0.15) is 0 Å². The lowest BCUT2D eigenvalue weighted by Gasteiger charge is -2.16. The highest BCUT2D eigenvalue weighted by Gasteiger charge is 2.18. The van der Waals surface area contributed by atoms with E-state index in [1.54, 1.807) is 6.20 Å². The molecule has 16 heavy (non-hydrogen) atoms. The fourth-order valence-electron chi connectivity index (χ4n) is 2.03. The molecule has 2 rings (SSSR count). The van der Waals surface area contributed by atoms with Crippen molar-refractivity contribution in [2.75, 3.05) is 0 Å². The number of nitrogens with zero attached hydrogens (tertiary/aromatic N) is 2. The molecule has 0 fully saturated rings. The summed E-state index contributed by atoms with van der Waals surface area (Å²) in [6, 6.07) is 6.02. The smallest absolute Gasteiger partial charge is 0.142 e. The number of hydrogen-bond donors (Lipinski definition) is 1. The Morgan fingerprint density at radius 3 is 2.38 bits per heavy atom. The van der Waals surface area contributed by atoms with Crippen LogP contribution in [0.2, 0.25) is 0 Å². The number of aliphatic hydroxyl groups is 1. The number of aromatic nitrogens is 2. The van der Waals surface area contributed by atoms with E-state index in [9.17, 15) is 5.11 Å². The molecule has 1 heterocycles. The maximum atomic E-state index is 10.3. The van der Waals surface area contributed by atoms with Gasteiger partial charge in [0.25, 0.3) is 0 Å². The molecule has 3 heteroatoms. The summed E-state index contributed by atoms with van der Waals surface area (Å²) < 4.78 is 1.84. The topological polar surface area (TPSA) is 38.1 Å². The zero-order valence-electron chi connectivity index (χ0n) is 9.81. The van der Waals surface area contributed by atoms with Crippen LogP contribution in [0.25, 0.3) is 0 Å². The molecule has 1 aromatic carbocycles. The maximum Gasteiger partial charge on any atom is 0.142 e. The fraction of sp³-hybridized carbons (Fsp3) is 0.308. The van der Waals surface area contributed by atoms with Gasteiger partial charge >= 0.3 is 0 Å². The first-order chi connectivity index (χ1) is 7.61. The zero-order valence-corrected chi connectivity index (χ0v) is 9.81. The van der Waals surface area contributed by atoms with E-state index in [0.29, 0.717) is 5.82 Å². The first kappa shape index (κ1) is 10.9. The minimum absolute atomic E-state index is 0.652. The Bertz CT molecular complexity index is 482. The minimum Gasteiger partial charge on any atom is -0.380 e. The predicted octanol–water partition coefficient (Wildman–Crippen LogP) is 2.12. The molecule has 1 unspecified atom stereocenters. The van der Waals surface area contributed by atoms with Crippen molar-refractivity contribution in [3.63, 3.8) is 0 Å². The molecule has 0 spiro atoms. The lowest BCUT2D eigenvalue weighted by Crippen LogP contribution is -2.09. The molecule has 84 valence electrons. The van der Waals surface area contributed by atoms with E-state index in [0.717, 1.165) is 16.7 Å². The molecule has 0 saturated heterocycles. The zero-order chi connectivity index (χ0) is 11.7. The average Bonchev–Trinajstić information content (AvgIpc) is 2.64. The Kier molecular flexibility index (Phi) is 2.79. The monoisotopic (exact) mass is 216 g/mol. The summed E-state index contributed by atoms with van der Waals surface area (Å²) in [5, 5.41) is 10.3. The number of imidazole rings is 1. The highest BCUT2D eigenvalue weighted by atomic mass is 16.3. The van der Waals surface area contributed by atoms with Crippen LogP contribution >= 0.6 is 0 Å². The molecular weight excluding hydrogens is 200 g/mol. The lowest BCUT2D eigenvalue weighted by molar-refractivity contribution is 0.205. The SMILES string of the molecule is Cc1cccc(C)c1C(O)c1nccn1C. The van der Waals surface area contributed by atoms with Crippen LogP contribution in [-0.4, -0.2) is 14.7 Å². The molecule has 1 aromatic heterocycles. The molecular formula is C13H16N2O. The standard InChI is InChI=1S/C13H16N2O/c1-9-5-4-6-10(2)11(9)12(16)13-14-7-8-15(13)3/h4-8,12,16H,1-3H3. The van der Waals surface area contributed by atoms with Crippen LogP contribution in [-0.2, 0) is 7.05 Å². The summed E-state index contributed by atoms with van der Waals surface area (Å²) in [7, 11) is 1.89. The van der Waals surface area contributed by atoms with E-state index in [2.05, 4.69) is 4.98 Å². The van der Waals surface area contributed by atoms with Gasteiger partial charge in [0.15, 0.2) is 0 Å². The van der Waals surface area contributed by atoms with Gasteiger partial charge in [-0.25, -0.2) is 4.98 Å². The number of hydrogen-bond acceptors (Lipinski definition) is 2. The van der Waals surface area contributed by atoms with Crippen molar-refractivity contribution in [3.05, 3.63) is 53.1 Å². The molecule has 0 aliphatic heterocycles. The van der Waals surface area contributed by atoms with Crippen molar-refractivity contribution < 1.29 is 5.11 Å². The predicted molar refractivity (Wildman–Crippen MR) is 63.2 cm³/mol. The number of benzene rings is 1. The number of aliphatic hydroxyl groups excluding tert-OH is 1. The molecule has 0 saturated carbocycles. The third kappa shape index (κ3) is 1.74. The second-order valence-corrected chi connectivity index (χ2v) is 4.10. The highest BCUT2D eigenvalue weighted by Crippen LogP contribution is 2.26. The third-order valence-electron chi connectivity index (χ3n) is 2.92. The van der Waals surface area contributed by atoms with E-state index >= 15 is 0 Å². The van der Waals surface area contributed by atoms with Crippen LogP contribution in [0.5, 0.6) is 0 Å². The van der Waals surface area contributed by atoms with Gasteiger partial charge in [-0.05, 0) is 30.5 Å². The van der Waals surface area contributed by atoms with E-state index < -0.39 is 6.10 Å². The van der Waals surface area contributed by atoms with Gasteiger partial charge in [-0.1, -0.05) is 18.2 Å². The largest absolute Gasteiger partial charge is 0.380 e. The maximum absolute atomic E-state index is 10.3. The second kappa shape index (κ2) is 4.10. The van der Waals surface area contributed by atoms with Crippen molar-refractivity contribution in [3.8, 4) is 0 Å². The van der Waals surface area contributed by atoms with Crippen molar-refractivity contribution in [2.24, 2.45) is 7.05 Å². The molecule has 0 aliphatic carbocycles. The Morgan fingerprint density at radius 2 is 1.88 bits per heavy atom. The summed E-state index contributed by atoms with van der Waals surface area (Å²) in [6.45, 7) is 4.02. The second-order valence-electron chi connectivity index (χ2n) is 4.10. The van der Waals surface area contributed by atoms with Crippen molar-refractivity contribution in [1.82, 2.24) is 9.55 Å². The summed E-state index contributed by atoms with van der Waals surface area (Å²) in [5.41, 5.74) is 3.14. The van der Waals surface area contributed by atoms with Gasteiger partial charge in [-0.15, -0.1) is 0 Å². The quantitative estimate of drug-likeness (QED) is 0.835. The third-order valence-corrected chi connectivity index (χ3v) is 2.92. The van der Waals surface area contributed by atoms with Crippen molar-refractivity contribution >= 4 is 0 Å². The summed E-state index contributed by atoms with van der Waals surface area (Å²) in [5.74, 6) is 0.678. The van der Waals surface area contributed by atoms with Gasteiger partial charge in [0.05, 0.1) is 0 Å². The number of aryl methyl sites for hydroxylation is 3. The van der Waals surface area contributed by atoms with Crippen LogP contribution in [0.1, 0.15) is 28.6 Å². The van der Waals surface area contributed by atoms with E-state index in [4.69, 9.17) is 0 Å². The summed E-state index contributed by atoms with van der Waals surface area (Å²) >= 11 is 0. The molecule has 1 atom stereocenters. The van der Waals surface area contributed by atoms with Gasteiger partial charge < -0.3 is 9.67 Å². The van der Waals surface area contributed by atoms with Gasteiger partial charge in [0, 0.05) is 19.4 Å². The van der Waals surface area contributed by atoms with Crippen LogP contribution in [0, 0.1) is 13.8 Å². The first-order valence-corrected chi connectivity index (χ1v) is 5.32. The van der Waals surface area contributed by atoms with Crippen molar-refractivity contribution in [2.45, 2.75) is 20.0 Å². The van der Waals surface area contributed by atoms with Gasteiger partial charge in [0.2, 0.25) is 0 Å². The Balaban J connectivity index is 2.49. The number of rotatable bonds is 2. The van der Waals surface area contributed by atoms with Crippen molar-refractivity contribution in [1.29, 1.82) is 0 Å². The molecule has 1 N–H and O–H groups in total. The van der Waals surface area contributed by atoms with E-state index in [1.807, 2.05) is 49.9 Å². The van der Waals surface area contributed by atoms with Crippen LogP contribution in [0.15, 0.2) is 30.6 Å². The fourth-order valence-corrected chi connectivity index (χ4v) is 2.03. The normalized spacial score (nSPS) is 12.8. The molecule has 0 aliphatic rings. The first-order valence-electron chi connectivity index (χ1n) is 5.32. The van der Waals surface area contributed by atoms with Gasteiger partial charge in [0.1, 0.15) is 11.9 Å². The van der Waals surface area contributed by atoms with Crippen LogP contribution in [0.4, 0.5) is 0 Å². The molecule has 0 bridgehead atoms. The molecule has 2 aromatic rings. The Hall–Kier alpha value is -1.61. The highest BCUT2D eigenvalue weighted by molar-refractivity contribution is 5.37. The minimum atomic E-state index is -0.652. The van der Waals surface area contributed by atoms with E-state index in [-0.39, 0.29) is 0 Å². The van der Waals surface area contributed by atoms with E-state index in [1.165, 1.54) is 0 Å². The molecule has 0 amide bonds. The lowest BCUT2D eigenvalue weighted by atomic mass is 9.97. The average molecular weight is 216 g/mol. The van der Waals surface area contributed by atoms with Crippen LogP contribution < -0.4 is 0 Å². The molecule has 3 nitrogen and oxygen atoms in total. The van der Waals surface area contributed by atoms with Gasteiger partial charge in [-0.3, -0.25) is 0 Å². The molecule has 0 radical (unpaired) electrons. The van der Waals surface area contributed by atoms with Crippen LogP contribution in [0.3, 0.4) is 0 Å². The Labute approximate surface area is 95.4 Å². The summed E-state index contributed by atoms with van der Waals surface area (Å²) in [6.07, 6.45) is 2.89.